The lowest BCUT2D eigenvalue weighted by molar-refractivity contribution is 0.429. The van der Waals surface area contributed by atoms with Gasteiger partial charge in [-0.25, -0.2) is 9.37 Å². The van der Waals surface area contributed by atoms with Crippen molar-refractivity contribution >= 4 is 11.9 Å². The van der Waals surface area contributed by atoms with Crippen LogP contribution in [0, 0.1) is 5.82 Å². The number of pyridine rings is 1. The van der Waals surface area contributed by atoms with E-state index in [0.29, 0.717) is 17.1 Å². The van der Waals surface area contributed by atoms with Gasteiger partial charge in [0.1, 0.15) is 11.6 Å². The highest BCUT2D eigenvalue weighted by Gasteiger charge is 2.08. The first-order chi connectivity index (χ1) is 12.5. The third kappa shape index (κ3) is 4.44. The van der Waals surface area contributed by atoms with Crippen molar-refractivity contribution in [3.05, 3.63) is 78.1 Å². The molecule has 0 amide bonds. The van der Waals surface area contributed by atoms with Crippen LogP contribution >= 0.6 is 0 Å². The molecule has 132 valence electrons. The first-order valence-electron chi connectivity index (χ1n) is 7.83. The van der Waals surface area contributed by atoms with Crippen LogP contribution in [0.25, 0.3) is 17.3 Å². The van der Waals surface area contributed by atoms with Crippen molar-refractivity contribution in [2.24, 2.45) is 0 Å². The molecule has 26 heavy (non-hydrogen) atoms. The lowest BCUT2D eigenvalue weighted by Crippen LogP contribution is -2.08. The number of aromatic nitrogens is 3. The monoisotopic (exact) mass is 356 g/mol. The van der Waals surface area contributed by atoms with E-state index in [0.717, 1.165) is 11.6 Å². The quantitative estimate of drug-likeness (QED) is 0.692. The third-order valence-electron chi connectivity index (χ3n) is 3.72. The minimum atomic E-state index is -1.79. The van der Waals surface area contributed by atoms with Gasteiger partial charge in [0, 0.05) is 30.1 Å². The van der Waals surface area contributed by atoms with Crippen LogP contribution in [0.15, 0.2) is 61.2 Å². The molecule has 0 fully saturated rings. The number of anilines is 1. The van der Waals surface area contributed by atoms with E-state index in [9.17, 15) is 13.2 Å². The van der Waals surface area contributed by atoms with E-state index in [2.05, 4.69) is 20.3 Å². The highest BCUT2D eigenvalue weighted by molar-refractivity contribution is 5.63. The van der Waals surface area contributed by atoms with Crippen LogP contribution in [-0.4, -0.2) is 15.0 Å². The predicted octanol–water partition coefficient (Wildman–Crippen LogP) is 5.09. The molecular formula is C19H15F3N4. The predicted molar refractivity (Wildman–Crippen MR) is 93.9 cm³/mol. The van der Waals surface area contributed by atoms with Gasteiger partial charge in [0.05, 0.1) is 18.1 Å². The highest BCUT2D eigenvalue weighted by atomic mass is 19.3. The van der Waals surface area contributed by atoms with Gasteiger partial charge in [0.15, 0.2) is 0 Å². The van der Waals surface area contributed by atoms with E-state index in [-0.39, 0.29) is 17.4 Å². The molecule has 0 saturated heterocycles. The Hall–Kier alpha value is -3.22. The Kier molecular flexibility index (Phi) is 5.26. The Labute approximate surface area is 148 Å². The molecule has 0 saturated carbocycles. The second kappa shape index (κ2) is 7.77. The first-order valence-corrected chi connectivity index (χ1v) is 7.83. The Balaban J connectivity index is 1.74. The van der Waals surface area contributed by atoms with Crippen LogP contribution in [0.1, 0.15) is 24.1 Å². The first kappa shape index (κ1) is 17.6. The average Bonchev–Trinajstić information content (AvgIpc) is 2.62. The van der Waals surface area contributed by atoms with Gasteiger partial charge < -0.3 is 5.32 Å². The number of rotatable bonds is 5. The van der Waals surface area contributed by atoms with Crippen LogP contribution in [0.4, 0.5) is 19.0 Å². The lowest BCUT2D eigenvalue weighted by atomic mass is 10.1. The summed E-state index contributed by atoms with van der Waals surface area (Å²) in [7, 11) is 0. The molecule has 0 bridgehead atoms. The van der Waals surface area contributed by atoms with Crippen molar-refractivity contribution in [3.63, 3.8) is 0 Å². The van der Waals surface area contributed by atoms with E-state index in [1.54, 1.807) is 24.4 Å². The summed E-state index contributed by atoms with van der Waals surface area (Å²) in [5.74, 6) is 0.257. The average molecular weight is 356 g/mol. The topological polar surface area (TPSA) is 50.7 Å². The van der Waals surface area contributed by atoms with Crippen molar-refractivity contribution in [2.45, 2.75) is 13.0 Å². The smallest absolute Gasteiger partial charge is 0.270 e. The number of halogens is 3. The Morgan fingerprint density at radius 3 is 2.46 bits per heavy atom. The van der Waals surface area contributed by atoms with Crippen LogP contribution in [0.3, 0.4) is 0 Å². The number of benzene rings is 1. The van der Waals surface area contributed by atoms with Gasteiger partial charge in [-0.15, -0.1) is 0 Å². The summed E-state index contributed by atoms with van der Waals surface area (Å²) in [5.41, 5.74) is 2.31. The Morgan fingerprint density at radius 1 is 1.04 bits per heavy atom. The van der Waals surface area contributed by atoms with E-state index >= 15 is 0 Å². The van der Waals surface area contributed by atoms with E-state index < -0.39 is 6.08 Å². The fourth-order valence-electron chi connectivity index (χ4n) is 2.41. The number of nitrogens with zero attached hydrogens (tertiary/aromatic N) is 3. The van der Waals surface area contributed by atoms with Gasteiger partial charge in [-0.05, 0) is 36.2 Å². The standard InChI is InChI=1S/C19H15F3N4/c1-12(14-2-4-16(20)5-3-14)26-19-11-24-17(10-25-19)15-6-13(7-18(21)22)8-23-9-15/h2-12H,1H3,(H,25,26)/t12-/m1/s1. The summed E-state index contributed by atoms with van der Waals surface area (Å²) in [6.45, 7) is 1.92. The van der Waals surface area contributed by atoms with Crippen LogP contribution in [-0.2, 0) is 0 Å². The normalized spacial score (nSPS) is 11.7. The summed E-state index contributed by atoms with van der Waals surface area (Å²) in [6, 6.07) is 7.67. The van der Waals surface area contributed by atoms with Gasteiger partial charge in [0.2, 0.25) is 0 Å². The zero-order valence-corrected chi connectivity index (χ0v) is 13.8. The summed E-state index contributed by atoms with van der Waals surface area (Å²) < 4.78 is 37.7. The van der Waals surface area contributed by atoms with Gasteiger partial charge in [-0.2, -0.15) is 8.78 Å². The van der Waals surface area contributed by atoms with Crippen molar-refractivity contribution < 1.29 is 13.2 Å². The summed E-state index contributed by atoms with van der Waals surface area (Å²) in [5, 5.41) is 3.17. The molecule has 1 N–H and O–H groups in total. The number of hydrogen-bond acceptors (Lipinski definition) is 4. The Bertz CT molecular complexity index is 905. The molecule has 0 aliphatic carbocycles. The summed E-state index contributed by atoms with van der Waals surface area (Å²) in [4.78, 5) is 12.5. The second-order valence-corrected chi connectivity index (χ2v) is 5.65. The number of hydrogen-bond donors (Lipinski definition) is 1. The molecule has 0 aliphatic rings. The van der Waals surface area contributed by atoms with Crippen molar-refractivity contribution in [1.82, 2.24) is 15.0 Å². The zero-order chi connectivity index (χ0) is 18.5. The van der Waals surface area contributed by atoms with Crippen molar-refractivity contribution in [1.29, 1.82) is 0 Å². The molecule has 0 aliphatic heterocycles. The highest BCUT2D eigenvalue weighted by Crippen LogP contribution is 2.21. The van der Waals surface area contributed by atoms with Crippen molar-refractivity contribution in [3.8, 4) is 11.3 Å². The van der Waals surface area contributed by atoms with E-state index in [1.807, 2.05) is 6.92 Å². The molecule has 2 heterocycles. The van der Waals surface area contributed by atoms with Gasteiger partial charge in [-0.3, -0.25) is 9.97 Å². The largest absolute Gasteiger partial charge is 0.362 e. The molecule has 3 rings (SSSR count). The maximum absolute atomic E-state index is 13.0. The van der Waals surface area contributed by atoms with Gasteiger partial charge in [-0.1, -0.05) is 12.1 Å². The maximum atomic E-state index is 13.0. The maximum Gasteiger partial charge on any atom is 0.270 e. The molecule has 7 heteroatoms. The van der Waals surface area contributed by atoms with E-state index in [1.165, 1.54) is 30.7 Å². The minimum Gasteiger partial charge on any atom is -0.362 e. The molecule has 4 nitrogen and oxygen atoms in total. The second-order valence-electron chi connectivity index (χ2n) is 5.65. The van der Waals surface area contributed by atoms with E-state index in [4.69, 9.17) is 0 Å². The summed E-state index contributed by atoms with van der Waals surface area (Å²) >= 11 is 0. The van der Waals surface area contributed by atoms with Crippen molar-refractivity contribution in [2.75, 3.05) is 5.32 Å². The third-order valence-corrected chi connectivity index (χ3v) is 3.72. The van der Waals surface area contributed by atoms with Crippen LogP contribution in [0.2, 0.25) is 0 Å². The molecule has 0 spiro atoms. The zero-order valence-electron chi connectivity index (χ0n) is 13.8. The number of nitrogens with one attached hydrogen (secondary N) is 1. The SMILES string of the molecule is C[C@@H](Nc1cnc(-c2cncc(C=C(F)F)c2)cn1)c1ccc(F)cc1. The molecule has 0 unspecified atom stereocenters. The molecule has 1 atom stereocenters. The molecule has 0 radical (unpaired) electrons. The molecule has 2 aromatic heterocycles. The Morgan fingerprint density at radius 2 is 1.81 bits per heavy atom. The molecular weight excluding hydrogens is 341 g/mol. The fourth-order valence-corrected chi connectivity index (χ4v) is 2.41. The van der Waals surface area contributed by atoms with Crippen LogP contribution in [0.5, 0.6) is 0 Å². The molecule has 1 aromatic carbocycles. The van der Waals surface area contributed by atoms with Gasteiger partial charge >= 0.3 is 0 Å². The summed E-state index contributed by atoms with van der Waals surface area (Å²) in [6.07, 6.45) is 4.92. The fraction of sp³-hybridized carbons (Fsp3) is 0.105. The minimum absolute atomic E-state index is 0.0848. The van der Waals surface area contributed by atoms with Gasteiger partial charge in [0.25, 0.3) is 6.08 Å². The van der Waals surface area contributed by atoms with Crippen LogP contribution < -0.4 is 5.32 Å². The lowest BCUT2D eigenvalue weighted by Gasteiger charge is -2.14. The molecule has 3 aromatic rings.